The van der Waals surface area contributed by atoms with Crippen molar-refractivity contribution in [3.05, 3.63) is 23.8 Å². The van der Waals surface area contributed by atoms with Gasteiger partial charge in [0.25, 0.3) is 0 Å². The summed E-state index contributed by atoms with van der Waals surface area (Å²) in [7, 11) is 1.69. The molecule has 0 saturated carbocycles. The van der Waals surface area contributed by atoms with Crippen LogP contribution in [0.15, 0.2) is 18.2 Å². The molecule has 2 aliphatic heterocycles. The highest BCUT2D eigenvalue weighted by Gasteiger charge is 2.23. The minimum Gasteiger partial charge on any atom is -0.497 e. The number of rotatable bonds is 3. The molecule has 104 valence electrons. The monoisotopic (exact) mass is 279 g/mol. The fraction of sp³-hybridized carbons (Fsp3) is 0.600. The molecule has 0 aromatic heterocycles. The highest BCUT2D eigenvalue weighted by Crippen LogP contribution is 2.29. The molecule has 4 heteroatoms. The Morgan fingerprint density at radius 1 is 1.37 bits per heavy atom. The molecule has 3 rings (SSSR count). The Morgan fingerprint density at radius 2 is 2.32 bits per heavy atom. The Kier molecular flexibility index (Phi) is 4.18. The maximum atomic E-state index is 5.87. The van der Waals surface area contributed by atoms with Gasteiger partial charge in [-0.1, -0.05) is 6.07 Å². The maximum absolute atomic E-state index is 5.87. The number of benzene rings is 1. The van der Waals surface area contributed by atoms with E-state index in [-0.39, 0.29) is 0 Å². The molecule has 2 atom stereocenters. The fourth-order valence-corrected chi connectivity index (χ4v) is 3.88. The second kappa shape index (κ2) is 6.06. The Hall–Kier alpha value is -0.870. The lowest BCUT2D eigenvalue weighted by Crippen LogP contribution is -2.46. The summed E-state index contributed by atoms with van der Waals surface area (Å²) >= 11 is 2.06. The standard InChI is InChI=1S/C15H21NO2S/c1-17-14-5-4-11-7-13(9-18-15(11)8-14)16-12-3-2-6-19-10-12/h4-5,8,12-13,16H,2-3,6-7,9-10H2,1H3/t12-,13-/m1/s1. The van der Waals surface area contributed by atoms with Crippen LogP contribution in [0, 0.1) is 0 Å². The van der Waals surface area contributed by atoms with Crippen molar-refractivity contribution in [1.82, 2.24) is 5.32 Å². The zero-order chi connectivity index (χ0) is 13.1. The summed E-state index contributed by atoms with van der Waals surface area (Å²) in [6.07, 6.45) is 3.70. The number of ether oxygens (including phenoxy) is 2. The molecule has 0 bridgehead atoms. The number of methoxy groups -OCH3 is 1. The van der Waals surface area contributed by atoms with Crippen LogP contribution in [0.25, 0.3) is 0 Å². The van der Waals surface area contributed by atoms with Gasteiger partial charge in [-0.15, -0.1) is 0 Å². The molecule has 0 amide bonds. The van der Waals surface area contributed by atoms with Crippen LogP contribution in [0.2, 0.25) is 0 Å². The minimum atomic E-state index is 0.449. The van der Waals surface area contributed by atoms with Gasteiger partial charge in [0, 0.05) is 23.9 Å². The number of fused-ring (bicyclic) bond motifs is 1. The van der Waals surface area contributed by atoms with Crippen LogP contribution in [0.3, 0.4) is 0 Å². The van der Waals surface area contributed by atoms with Crippen molar-refractivity contribution in [3.63, 3.8) is 0 Å². The summed E-state index contributed by atoms with van der Waals surface area (Å²) in [5, 5.41) is 3.75. The van der Waals surface area contributed by atoms with Crippen LogP contribution in [0.1, 0.15) is 18.4 Å². The van der Waals surface area contributed by atoms with Crippen LogP contribution in [0.4, 0.5) is 0 Å². The van der Waals surface area contributed by atoms with Gasteiger partial charge in [-0.3, -0.25) is 0 Å². The van der Waals surface area contributed by atoms with Gasteiger partial charge in [-0.2, -0.15) is 11.8 Å². The van der Waals surface area contributed by atoms with Crippen molar-refractivity contribution in [3.8, 4) is 11.5 Å². The summed E-state index contributed by atoms with van der Waals surface area (Å²) in [6, 6.07) is 7.23. The first-order valence-electron chi connectivity index (χ1n) is 6.98. The van der Waals surface area contributed by atoms with Crippen molar-refractivity contribution in [2.45, 2.75) is 31.3 Å². The predicted molar refractivity (Wildman–Crippen MR) is 79.5 cm³/mol. The van der Waals surface area contributed by atoms with E-state index in [2.05, 4.69) is 23.1 Å². The average Bonchev–Trinajstić information content (AvgIpc) is 2.48. The van der Waals surface area contributed by atoms with Crippen molar-refractivity contribution >= 4 is 11.8 Å². The third-order valence-electron chi connectivity index (χ3n) is 3.81. The van der Waals surface area contributed by atoms with E-state index in [0.29, 0.717) is 12.1 Å². The summed E-state index contributed by atoms with van der Waals surface area (Å²) in [5.41, 5.74) is 1.29. The van der Waals surface area contributed by atoms with Gasteiger partial charge in [0.15, 0.2) is 0 Å². The summed E-state index contributed by atoms with van der Waals surface area (Å²) in [5.74, 6) is 4.41. The van der Waals surface area contributed by atoms with Gasteiger partial charge < -0.3 is 14.8 Å². The number of thioether (sulfide) groups is 1. The van der Waals surface area contributed by atoms with Gasteiger partial charge in [0.1, 0.15) is 18.1 Å². The molecule has 1 aromatic carbocycles. The summed E-state index contributed by atoms with van der Waals surface area (Å²) in [6.45, 7) is 0.765. The Bertz CT molecular complexity index is 432. The normalized spacial score (nSPS) is 26.4. The average molecular weight is 279 g/mol. The summed E-state index contributed by atoms with van der Waals surface area (Å²) < 4.78 is 11.1. The van der Waals surface area contributed by atoms with Gasteiger partial charge in [0.05, 0.1) is 7.11 Å². The predicted octanol–water partition coefficient (Wildman–Crippen LogP) is 2.48. The minimum absolute atomic E-state index is 0.449. The topological polar surface area (TPSA) is 30.5 Å². The van der Waals surface area contributed by atoms with E-state index < -0.39 is 0 Å². The molecule has 2 heterocycles. The van der Waals surface area contributed by atoms with Gasteiger partial charge in [-0.05, 0) is 36.6 Å². The van der Waals surface area contributed by atoms with E-state index in [1.807, 2.05) is 12.1 Å². The lowest BCUT2D eigenvalue weighted by Gasteiger charge is -2.31. The first kappa shape index (κ1) is 13.1. The van der Waals surface area contributed by atoms with Crippen molar-refractivity contribution in [2.24, 2.45) is 0 Å². The first-order valence-corrected chi connectivity index (χ1v) is 8.14. The van der Waals surface area contributed by atoms with E-state index in [9.17, 15) is 0 Å². The lowest BCUT2D eigenvalue weighted by atomic mass is 10.0. The molecule has 0 unspecified atom stereocenters. The van der Waals surface area contributed by atoms with Crippen LogP contribution >= 0.6 is 11.8 Å². The van der Waals surface area contributed by atoms with Crippen molar-refractivity contribution < 1.29 is 9.47 Å². The maximum Gasteiger partial charge on any atom is 0.126 e. The molecule has 1 N–H and O–H groups in total. The van der Waals surface area contributed by atoms with E-state index in [1.54, 1.807) is 7.11 Å². The molecular formula is C15H21NO2S. The Morgan fingerprint density at radius 3 is 3.11 bits per heavy atom. The number of hydrogen-bond acceptors (Lipinski definition) is 4. The second-order valence-corrected chi connectivity index (χ2v) is 6.42. The van der Waals surface area contributed by atoms with Gasteiger partial charge >= 0.3 is 0 Å². The van der Waals surface area contributed by atoms with Gasteiger partial charge in [0.2, 0.25) is 0 Å². The Balaban J connectivity index is 1.61. The molecule has 0 aliphatic carbocycles. The number of hydrogen-bond donors (Lipinski definition) is 1. The van der Waals surface area contributed by atoms with E-state index >= 15 is 0 Å². The van der Waals surface area contributed by atoms with E-state index in [1.165, 1.54) is 29.9 Å². The van der Waals surface area contributed by atoms with Crippen LogP contribution in [-0.4, -0.2) is 37.3 Å². The molecule has 1 fully saturated rings. The largest absolute Gasteiger partial charge is 0.497 e. The zero-order valence-electron chi connectivity index (χ0n) is 11.4. The van der Waals surface area contributed by atoms with Crippen LogP contribution in [-0.2, 0) is 6.42 Å². The molecule has 0 spiro atoms. The molecular weight excluding hydrogens is 258 g/mol. The first-order chi connectivity index (χ1) is 9.35. The molecule has 0 radical (unpaired) electrons. The molecule has 1 aromatic rings. The van der Waals surface area contributed by atoms with Crippen LogP contribution in [0.5, 0.6) is 11.5 Å². The fourth-order valence-electron chi connectivity index (χ4n) is 2.79. The SMILES string of the molecule is COc1ccc2c(c1)OC[C@H](N[C@@H]1CCCSC1)C2. The molecule has 3 nitrogen and oxygen atoms in total. The Labute approximate surface area is 119 Å². The highest BCUT2D eigenvalue weighted by molar-refractivity contribution is 7.99. The van der Waals surface area contributed by atoms with Crippen molar-refractivity contribution in [1.29, 1.82) is 0 Å². The zero-order valence-corrected chi connectivity index (χ0v) is 12.2. The van der Waals surface area contributed by atoms with Crippen LogP contribution < -0.4 is 14.8 Å². The molecule has 1 saturated heterocycles. The smallest absolute Gasteiger partial charge is 0.126 e. The third-order valence-corrected chi connectivity index (χ3v) is 5.03. The quantitative estimate of drug-likeness (QED) is 0.921. The van der Waals surface area contributed by atoms with Crippen molar-refractivity contribution in [2.75, 3.05) is 25.2 Å². The molecule has 19 heavy (non-hydrogen) atoms. The second-order valence-electron chi connectivity index (χ2n) is 5.27. The highest BCUT2D eigenvalue weighted by atomic mass is 32.2. The van der Waals surface area contributed by atoms with E-state index in [4.69, 9.17) is 9.47 Å². The van der Waals surface area contributed by atoms with E-state index in [0.717, 1.165) is 24.5 Å². The third kappa shape index (κ3) is 3.18. The lowest BCUT2D eigenvalue weighted by molar-refractivity contribution is 0.226. The van der Waals surface area contributed by atoms with Gasteiger partial charge in [-0.25, -0.2) is 0 Å². The summed E-state index contributed by atoms with van der Waals surface area (Å²) in [4.78, 5) is 0. The number of nitrogens with one attached hydrogen (secondary N) is 1. The molecule has 2 aliphatic rings.